The second-order valence-electron chi connectivity index (χ2n) is 28.7. The lowest BCUT2D eigenvalue weighted by Gasteiger charge is -2.36. The highest BCUT2D eigenvalue weighted by molar-refractivity contribution is 7.89. The summed E-state index contributed by atoms with van der Waals surface area (Å²) in [5, 5.41) is 11.0. The Labute approximate surface area is 540 Å². The summed E-state index contributed by atoms with van der Waals surface area (Å²) in [6, 6.07) is 11.3. The summed E-state index contributed by atoms with van der Waals surface area (Å²) in [7, 11) is -2.91. The van der Waals surface area contributed by atoms with E-state index in [1.807, 2.05) is 40.7 Å². The molecule has 5 N–H and O–H groups in total. The van der Waals surface area contributed by atoms with Crippen molar-refractivity contribution in [1.82, 2.24) is 24.1 Å². The largest absolute Gasteiger partial charge is 0.444 e. The summed E-state index contributed by atoms with van der Waals surface area (Å²) in [6.45, 7) is 26.2. The van der Waals surface area contributed by atoms with Crippen LogP contribution in [0, 0.1) is 25.7 Å². The third-order valence-corrected chi connectivity index (χ3v) is 19.1. The van der Waals surface area contributed by atoms with Crippen molar-refractivity contribution in [2.24, 2.45) is 17.6 Å². The van der Waals surface area contributed by atoms with Gasteiger partial charge in [-0.05, 0) is 176 Å². The van der Waals surface area contributed by atoms with Crippen molar-refractivity contribution >= 4 is 38.3 Å². The Balaban J connectivity index is 0.000000332. The zero-order valence-electron chi connectivity index (χ0n) is 57.2. The van der Waals surface area contributed by atoms with Crippen LogP contribution in [-0.2, 0) is 34.3 Å². The zero-order valence-corrected chi connectivity index (χ0v) is 58.8. The van der Waals surface area contributed by atoms with E-state index in [-0.39, 0.29) is 41.8 Å². The Morgan fingerprint density at radius 3 is 1.28 bits per heavy atom. The van der Waals surface area contributed by atoms with Gasteiger partial charge in [0.1, 0.15) is 28.1 Å². The Morgan fingerprint density at radius 1 is 0.589 bits per heavy atom. The third-order valence-electron chi connectivity index (χ3n) is 16.1. The lowest BCUT2D eigenvalue weighted by Crippen LogP contribution is -2.49. The molecule has 0 saturated heterocycles. The number of nitrogens with zero attached hydrogens (tertiary/aromatic N) is 3. The van der Waals surface area contributed by atoms with Gasteiger partial charge in [-0.25, -0.2) is 49.4 Å². The number of carbonyl (C=O) groups is 3. The minimum absolute atomic E-state index is 0.0191. The maximum atomic E-state index is 15.4. The Bertz CT molecular complexity index is 2680. The maximum absolute atomic E-state index is 15.4. The van der Waals surface area contributed by atoms with Gasteiger partial charge in [0.05, 0.1) is 15.4 Å². The highest BCUT2D eigenvalue weighted by Gasteiger charge is 2.39. The molecule has 0 aliphatic heterocycles. The van der Waals surface area contributed by atoms with Crippen LogP contribution in [0.1, 0.15) is 202 Å². The molecule has 4 aliphatic carbocycles. The van der Waals surface area contributed by atoms with Crippen LogP contribution in [0.5, 0.6) is 0 Å². The average molecular weight is 1310 g/mol. The summed E-state index contributed by atoms with van der Waals surface area (Å²) in [5.41, 5.74) is 2.54. The average Bonchev–Trinajstić information content (AvgIpc) is 2.65. The predicted octanol–water partition coefficient (Wildman–Crippen LogP) is 14.3. The molecule has 0 spiro atoms. The van der Waals surface area contributed by atoms with Gasteiger partial charge in [-0.2, -0.15) is 0 Å². The van der Waals surface area contributed by atoms with Gasteiger partial charge in [0, 0.05) is 58.9 Å². The molecule has 3 fully saturated rings. The fourth-order valence-corrected chi connectivity index (χ4v) is 13.9. The van der Waals surface area contributed by atoms with Crippen molar-refractivity contribution in [3.05, 3.63) is 96.6 Å². The summed E-state index contributed by atoms with van der Waals surface area (Å²) >= 11 is 0. The molecule has 17 nitrogen and oxygen atoms in total. The molecule has 0 bridgehead atoms. The van der Waals surface area contributed by atoms with Crippen LogP contribution in [0.2, 0.25) is 0 Å². The van der Waals surface area contributed by atoms with Crippen LogP contribution >= 0.6 is 0 Å². The second kappa shape index (κ2) is 35.4. The molecule has 0 heterocycles. The molecule has 90 heavy (non-hydrogen) atoms. The van der Waals surface area contributed by atoms with E-state index in [1.54, 1.807) is 92.0 Å². The molecule has 512 valence electrons. The van der Waals surface area contributed by atoms with Gasteiger partial charge in [-0.3, -0.25) is 0 Å². The first kappa shape index (κ1) is 79.3. The fourth-order valence-electron chi connectivity index (χ4n) is 11.4. The van der Waals surface area contributed by atoms with Crippen molar-refractivity contribution in [3.8, 4) is 0 Å². The van der Waals surface area contributed by atoms with Crippen molar-refractivity contribution in [2.45, 2.75) is 267 Å². The molecule has 21 heteroatoms. The molecule has 0 aromatic heterocycles. The number of halogens is 2. The number of benzene rings is 2. The van der Waals surface area contributed by atoms with Gasteiger partial charge in [0.15, 0.2) is 0 Å². The predicted molar refractivity (Wildman–Crippen MR) is 357 cm³/mol. The van der Waals surface area contributed by atoms with Crippen LogP contribution in [0.15, 0.2) is 95.3 Å². The number of hydrogen-bond acceptors (Lipinski definition) is 12. The lowest BCUT2D eigenvalue weighted by atomic mass is 9.80. The maximum Gasteiger partial charge on any atom is 0.410 e. The van der Waals surface area contributed by atoms with E-state index in [9.17, 15) is 40.7 Å². The molecule has 6 rings (SSSR count). The summed E-state index contributed by atoms with van der Waals surface area (Å²) in [6.07, 6.45) is 22.6. The standard InChI is InChI=1S/C22H35FN2O4S.C22H36N2O5S.C15H29FN2O2.C10H14/c1-17-9-11-19(12-10-17)30(27,28)24-18(15-22(23)13-7-6-8-14-22)16-25(5)20(26)29-21(2,3)4;1-17-9-11-19(12-10-17)30(27,28)23-18(15-22(26)13-7-6-8-14-22)16-24(5)20(25)29-21(2,3)4;1-14(2,3)20-13(19)18(4)11-12(17)10-15(16)8-6-5-7-9-15;1-3-6-10-8-5-4-7-9(10)2/h9-12,18,24H,6-8,13-16H2,1-5H3;9-12,18,23,26H,6-8,13-16H2,1-5H3;12H,5-11,17H2,1-4H3;3-5,7-10H,1,6H2,2H3. The summed E-state index contributed by atoms with van der Waals surface area (Å²) in [5.74, 6) is 1.37. The Kier molecular flexibility index (Phi) is 31.2. The van der Waals surface area contributed by atoms with Gasteiger partial charge in [-0.15, -0.1) is 6.58 Å². The number of nitrogens with one attached hydrogen (secondary N) is 2. The van der Waals surface area contributed by atoms with E-state index in [1.165, 1.54) is 33.9 Å². The first-order valence-corrected chi connectivity index (χ1v) is 35.3. The number of amides is 3. The van der Waals surface area contributed by atoms with Gasteiger partial charge in [0.25, 0.3) is 0 Å². The number of aryl methyl sites for hydroxylation is 2. The van der Waals surface area contributed by atoms with Crippen LogP contribution < -0.4 is 15.2 Å². The molecular formula is C69H114F2N6O11S2. The van der Waals surface area contributed by atoms with Crippen LogP contribution in [0.4, 0.5) is 23.2 Å². The number of ether oxygens (including phenoxy) is 3. The number of likely N-dealkylation sites (N-methyl/N-ethyl adjacent to an activating group) is 3. The number of carbonyl (C=O) groups excluding carboxylic acids is 3. The summed E-state index contributed by atoms with van der Waals surface area (Å²) in [4.78, 5) is 41.0. The lowest BCUT2D eigenvalue weighted by molar-refractivity contribution is -0.0148. The first-order valence-electron chi connectivity index (χ1n) is 32.4. The van der Waals surface area contributed by atoms with Gasteiger partial charge >= 0.3 is 18.3 Å². The van der Waals surface area contributed by atoms with Gasteiger partial charge in [0.2, 0.25) is 20.0 Å². The molecule has 4 aliphatic rings. The van der Waals surface area contributed by atoms with E-state index >= 15 is 4.39 Å². The number of hydrogen-bond donors (Lipinski definition) is 4. The van der Waals surface area contributed by atoms with E-state index in [4.69, 9.17) is 19.9 Å². The molecule has 5 atom stereocenters. The molecular weight excluding hydrogens is 1190 g/mol. The highest BCUT2D eigenvalue weighted by atomic mass is 32.2. The number of alkyl halides is 2. The minimum atomic E-state index is -3.86. The Morgan fingerprint density at radius 2 is 0.922 bits per heavy atom. The number of nitrogens with two attached hydrogens (primary N) is 1. The van der Waals surface area contributed by atoms with Crippen LogP contribution in [0.25, 0.3) is 0 Å². The molecule has 2 aromatic rings. The molecule has 0 radical (unpaired) electrons. The first-order chi connectivity index (χ1) is 41.5. The van der Waals surface area contributed by atoms with Gasteiger partial charge in [-0.1, -0.05) is 130 Å². The Hall–Kier alpha value is -4.93. The molecule has 3 amide bonds. The smallest absolute Gasteiger partial charge is 0.410 e. The van der Waals surface area contributed by atoms with Crippen LogP contribution in [-0.4, -0.2) is 148 Å². The van der Waals surface area contributed by atoms with E-state index < -0.39 is 84.2 Å². The minimum Gasteiger partial charge on any atom is -0.444 e. The third kappa shape index (κ3) is 30.7. The molecule has 3 saturated carbocycles. The van der Waals surface area contributed by atoms with E-state index in [2.05, 4.69) is 47.3 Å². The fraction of sp³-hybridized carbons (Fsp3) is 0.696. The van der Waals surface area contributed by atoms with E-state index in [0.29, 0.717) is 63.3 Å². The zero-order chi connectivity index (χ0) is 67.9. The SMILES string of the molecule is C=CCC1C=CC=CC1C.CN(CC(N)CC1(F)CCCCC1)C(=O)OC(C)(C)C.Cc1ccc(S(=O)(=O)NC(CN(C)C(=O)OC(C)(C)C)CC2(F)CCCCC2)cc1.Cc1ccc(S(=O)(=O)NC(CN(C)C(=O)OC(C)(C)C)CC2(O)CCCCC2)cc1. The van der Waals surface area contributed by atoms with E-state index in [0.717, 1.165) is 75.3 Å². The number of aliphatic hydroxyl groups is 1. The van der Waals surface area contributed by atoms with Crippen molar-refractivity contribution in [2.75, 3.05) is 40.8 Å². The van der Waals surface area contributed by atoms with Crippen molar-refractivity contribution < 1.29 is 59.3 Å². The number of sulfonamides is 2. The van der Waals surface area contributed by atoms with Gasteiger partial charge < -0.3 is 39.8 Å². The topological polar surface area (TPSA) is 227 Å². The van der Waals surface area contributed by atoms with Crippen LogP contribution in [0.3, 0.4) is 0 Å². The normalized spacial score (nSPS) is 19.9. The summed E-state index contributed by atoms with van der Waals surface area (Å²) < 4.78 is 103. The number of allylic oxidation sites excluding steroid dienone is 5. The number of rotatable bonds is 20. The molecule has 2 aromatic carbocycles. The van der Waals surface area contributed by atoms with Crippen molar-refractivity contribution in [3.63, 3.8) is 0 Å². The highest BCUT2D eigenvalue weighted by Crippen LogP contribution is 2.38. The quantitative estimate of drug-likeness (QED) is 0.0717. The monoisotopic (exact) mass is 1300 g/mol. The molecule has 5 unspecified atom stereocenters. The van der Waals surface area contributed by atoms with Crippen molar-refractivity contribution in [1.29, 1.82) is 0 Å². The second-order valence-corrected chi connectivity index (χ2v) is 32.2.